The highest BCUT2D eigenvalue weighted by molar-refractivity contribution is 7.99. The molecule has 18 heavy (non-hydrogen) atoms. The van der Waals surface area contributed by atoms with Crippen LogP contribution in [-0.4, -0.2) is 21.5 Å². The minimum absolute atomic E-state index is 0.400. The zero-order chi connectivity index (χ0) is 12.8. The van der Waals surface area contributed by atoms with E-state index in [-0.39, 0.29) is 0 Å². The lowest BCUT2D eigenvalue weighted by atomic mass is 9.84. The van der Waals surface area contributed by atoms with Gasteiger partial charge in [0.25, 0.3) is 0 Å². The van der Waals surface area contributed by atoms with Crippen LogP contribution in [0.2, 0.25) is 0 Å². The van der Waals surface area contributed by atoms with Crippen molar-refractivity contribution in [3.8, 4) is 0 Å². The Bertz CT molecular complexity index is 374. The van der Waals surface area contributed by atoms with Gasteiger partial charge in [0.15, 0.2) is 5.16 Å². The molecule has 0 amide bonds. The summed E-state index contributed by atoms with van der Waals surface area (Å²) in [6, 6.07) is 1.95. The lowest BCUT2D eigenvalue weighted by molar-refractivity contribution is 0.332. The summed E-state index contributed by atoms with van der Waals surface area (Å²) in [5.74, 6) is 2.10. The number of hydrogen-bond donors (Lipinski definition) is 1. The van der Waals surface area contributed by atoms with Crippen molar-refractivity contribution in [3.63, 3.8) is 0 Å². The zero-order valence-electron chi connectivity index (χ0n) is 11.1. The van der Waals surface area contributed by atoms with E-state index in [9.17, 15) is 0 Å². The highest BCUT2D eigenvalue weighted by atomic mass is 32.2. The van der Waals surface area contributed by atoms with Gasteiger partial charge >= 0.3 is 0 Å². The maximum absolute atomic E-state index is 4.61. The molecule has 1 fully saturated rings. The Kier molecular flexibility index (Phi) is 5.37. The van der Waals surface area contributed by atoms with Gasteiger partial charge in [-0.25, -0.2) is 9.97 Å². The second-order valence-electron chi connectivity index (χ2n) is 5.34. The van der Waals surface area contributed by atoms with Crippen LogP contribution in [0.3, 0.4) is 0 Å². The number of thiol groups is 1. The summed E-state index contributed by atoms with van der Waals surface area (Å²) >= 11 is 6.41. The molecule has 0 unspecified atom stereocenters. The minimum atomic E-state index is 0.400. The van der Waals surface area contributed by atoms with Gasteiger partial charge in [0.1, 0.15) is 0 Å². The summed E-state index contributed by atoms with van der Waals surface area (Å²) in [6.07, 6.45) is 9.98. The van der Waals surface area contributed by atoms with Crippen molar-refractivity contribution in [3.05, 3.63) is 18.0 Å². The maximum Gasteiger partial charge on any atom is 0.187 e. The van der Waals surface area contributed by atoms with Crippen LogP contribution in [0, 0.1) is 12.3 Å². The number of thioether (sulfide) groups is 1. The lowest BCUT2D eigenvalue weighted by Crippen LogP contribution is -2.25. The lowest BCUT2D eigenvalue weighted by Gasteiger charge is -2.30. The monoisotopic (exact) mass is 282 g/mol. The smallest absolute Gasteiger partial charge is 0.187 e. The van der Waals surface area contributed by atoms with E-state index in [2.05, 4.69) is 22.6 Å². The summed E-state index contributed by atoms with van der Waals surface area (Å²) in [5.41, 5.74) is 1.45. The van der Waals surface area contributed by atoms with E-state index in [0.717, 1.165) is 22.4 Å². The molecule has 100 valence electrons. The van der Waals surface area contributed by atoms with E-state index in [0.29, 0.717) is 5.41 Å². The topological polar surface area (TPSA) is 25.8 Å². The highest BCUT2D eigenvalue weighted by Gasteiger charge is 2.29. The van der Waals surface area contributed by atoms with E-state index in [1.807, 2.05) is 19.2 Å². The van der Waals surface area contributed by atoms with Gasteiger partial charge in [-0.15, -0.1) is 0 Å². The van der Waals surface area contributed by atoms with E-state index >= 15 is 0 Å². The van der Waals surface area contributed by atoms with Gasteiger partial charge in [-0.1, -0.05) is 37.4 Å². The third kappa shape index (κ3) is 3.89. The molecule has 2 rings (SSSR count). The SMILES string of the molecule is Cc1ccnc(SCC2(CS)CCCCCC2)n1. The van der Waals surface area contributed by atoms with Crippen molar-refractivity contribution in [1.29, 1.82) is 0 Å². The first kappa shape index (κ1) is 14.2. The first-order valence-electron chi connectivity index (χ1n) is 6.77. The van der Waals surface area contributed by atoms with E-state index in [1.165, 1.54) is 38.5 Å². The van der Waals surface area contributed by atoms with Crippen LogP contribution in [0.15, 0.2) is 17.4 Å². The van der Waals surface area contributed by atoms with Crippen LogP contribution in [0.25, 0.3) is 0 Å². The molecule has 0 aliphatic heterocycles. The summed E-state index contributed by atoms with van der Waals surface area (Å²) in [4.78, 5) is 8.81. The molecule has 0 atom stereocenters. The molecular formula is C14H22N2S2. The maximum atomic E-state index is 4.61. The van der Waals surface area contributed by atoms with Crippen molar-refractivity contribution in [2.75, 3.05) is 11.5 Å². The predicted molar refractivity (Wildman–Crippen MR) is 81.5 cm³/mol. The Labute approximate surface area is 120 Å². The molecule has 1 aliphatic rings. The molecule has 0 bridgehead atoms. The highest BCUT2D eigenvalue weighted by Crippen LogP contribution is 2.39. The molecule has 0 saturated heterocycles. The molecule has 0 spiro atoms. The Morgan fingerprint density at radius 2 is 2.00 bits per heavy atom. The fourth-order valence-electron chi connectivity index (χ4n) is 2.54. The van der Waals surface area contributed by atoms with Gasteiger partial charge < -0.3 is 0 Å². The molecule has 0 N–H and O–H groups in total. The van der Waals surface area contributed by atoms with Crippen LogP contribution in [0.1, 0.15) is 44.2 Å². The first-order chi connectivity index (χ1) is 8.74. The largest absolute Gasteiger partial charge is 0.231 e. The van der Waals surface area contributed by atoms with E-state index in [1.54, 1.807) is 11.8 Å². The van der Waals surface area contributed by atoms with Crippen molar-refractivity contribution in [2.24, 2.45) is 5.41 Å². The normalized spacial score (nSPS) is 19.4. The van der Waals surface area contributed by atoms with Gasteiger partial charge in [-0.3, -0.25) is 0 Å². The van der Waals surface area contributed by atoms with Gasteiger partial charge in [0.2, 0.25) is 0 Å². The van der Waals surface area contributed by atoms with Gasteiger partial charge in [0.05, 0.1) is 0 Å². The average Bonchev–Trinajstić information content (AvgIpc) is 2.63. The molecule has 1 heterocycles. The van der Waals surface area contributed by atoms with E-state index < -0.39 is 0 Å². The third-order valence-electron chi connectivity index (χ3n) is 3.78. The molecular weight excluding hydrogens is 260 g/mol. The van der Waals surface area contributed by atoms with Crippen LogP contribution < -0.4 is 0 Å². The van der Waals surface area contributed by atoms with Crippen molar-refractivity contribution in [1.82, 2.24) is 9.97 Å². The Morgan fingerprint density at radius 3 is 2.61 bits per heavy atom. The van der Waals surface area contributed by atoms with Crippen LogP contribution in [-0.2, 0) is 0 Å². The average molecular weight is 282 g/mol. The van der Waals surface area contributed by atoms with Crippen LogP contribution in [0.4, 0.5) is 0 Å². The molecule has 1 aromatic heterocycles. The number of hydrogen-bond acceptors (Lipinski definition) is 4. The second-order valence-corrected chi connectivity index (χ2v) is 6.60. The molecule has 1 aromatic rings. The van der Waals surface area contributed by atoms with Crippen LogP contribution in [0.5, 0.6) is 0 Å². The molecule has 1 aliphatic carbocycles. The number of aromatic nitrogens is 2. The molecule has 0 radical (unpaired) electrons. The predicted octanol–water partition coefficient (Wildman–Crippen LogP) is 4.15. The molecule has 4 heteroatoms. The number of aryl methyl sites for hydroxylation is 1. The Hall–Kier alpha value is -0.220. The van der Waals surface area contributed by atoms with E-state index in [4.69, 9.17) is 0 Å². The Balaban J connectivity index is 1.97. The summed E-state index contributed by atoms with van der Waals surface area (Å²) in [7, 11) is 0. The zero-order valence-corrected chi connectivity index (χ0v) is 12.8. The summed E-state index contributed by atoms with van der Waals surface area (Å²) < 4.78 is 0. The fraction of sp³-hybridized carbons (Fsp3) is 0.714. The van der Waals surface area contributed by atoms with Crippen molar-refractivity contribution in [2.45, 2.75) is 50.6 Å². The summed E-state index contributed by atoms with van der Waals surface area (Å²) in [5, 5.41) is 0.917. The quantitative estimate of drug-likeness (QED) is 0.389. The number of rotatable bonds is 4. The third-order valence-corrected chi connectivity index (χ3v) is 5.66. The second kappa shape index (κ2) is 6.80. The van der Waals surface area contributed by atoms with Gasteiger partial charge in [0, 0.05) is 17.6 Å². The van der Waals surface area contributed by atoms with Gasteiger partial charge in [-0.05, 0) is 37.0 Å². The van der Waals surface area contributed by atoms with Crippen LogP contribution >= 0.6 is 24.4 Å². The standard InChI is InChI=1S/C14H22N2S2/c1-12-6-9-15-13(16-12)18-11-14(10-17)7-4-2-3-5-8-14/h6,9,17H,2-5,7-8,10-11H2,1H3. The molecule has 1 saturated carbocycles. The molecule has 0 aromatic carbocycles. The summed E-state index contributed by atoms with van der Waals surface area (Å²) in [6.45, 7) is 2.02. The Morgan fingerprint density at radius 1 is 1.28 bits per heavy atom. The van der Waals surface area contributed by atoms with Gasteiger partial charge in [-0.2, -0.15) is 12.6 Å². The fourth-order valence-corrected chi connectivity index (χ4v) is 4.29. The molecule has 2 nitrogen and oxygen atoms in total. The van der Waals surface area contributed by atoms with Crippen molar-refractivity contribution >= 4 is 24.4 Å². The minimum Gasteiger partial charge on any atom is -0.231 e. The number of nitrogens with zero attached hydrogens (tertiary/aromatic N) is 2. The first-order valence-corrected chi connectivity index (χ1v) is 8.39. The van der Waals surface area contributed by atoms with Crippen molar-refractivity contribution < 1.29 is 0 Å².